The van der Waals surface area contributed by atoms with Crippen LogP contribution in [0.5, 0.6) is 0 Å². The summed E-state index contributed by atoms with van der Waals surface area (Å²) in [6, 6.07) is 23.8. The number of sulfone groups is 1. The van der Waals surface area contributed by atoms with Crippen LogP contribution in [0.15, 0.2) is 99.6 Å². The van der Waals surface area contributed by atoms with E-state index in [0.717, 1.165) is 43.7 Å². The molecule has 3 aromatic carbocycles. The SMILES string of the molecule is Cc1c(-c2cc3cnc(Nc4ccc(NC5CCN(C)C5)cc4)nc3n(CC3CC3)c2=O)cccc1S(=O)(=O)c1ccccc1. The van der Waals surface area contributed by atoms with Crippen molar-refractivity contribution in [3.05, 3.63) is 101 Å². The molecule has 5 aromatic rings. The van der Waals surface area contributed by atoms with Crippen LogP contribution in [0.2, 0.25) is 0 Å². The van der Waals surface area contributed by atoms with Gasteiger partial charge in [-0.05, 0) is 105 Å². The molecule has 230 valence electrons. The highest BCUT2D eigenvalue weighted by Gasteiger charge is 2.26. The third-order valence-electron chi connectivity index (χ3n) is 8.79. The summed E-state index contributed by atoms with van der Waals surface area (Å²) in [5.74, 6) is 0.822. The van der Waals surface area contributed by atoms with Crippen LogP contribution in [0.1, 0.15) is 24.8 Å². The second-order valence-corrected chi connectivity index (χ2v) is 14.1. The number of nitrogens with zero attached hydrogens (tertiary/aromatic N) is 4. The maximum atomic E-state index is 14.1. The monoisotopic (exact) mass is 620 g/mol. The highest BCUT2D eigenvalue weighted by atomic mass is 32.2. The van der Waals surface area contributed by atoms with E-state index in [4.69, 9.17) is 4.98 Å². The molecule has 0 radical (unpaired) electrons. The minimum Gasteiger partial charge on any atom is -0.381 e. The summed E-state index contributed by atoms with van der Waals surface area (Å²) in [5, 5.41) is 7.60. The Bertz CT molecular complexity index is 2040. The van der Waals surface area contributed by atoms with Gasteiger partial charge in [0, 0.05) is 47.7 Å². The molecular weight excluding hydrogens is 584 g/mol. The van der Waals surface area contributed by atoms with Gasteiger partial charge in [-0.1, -0.05) is 30.3 Å². The normalized spacial score (nSPS) is 17.1. The summed E-state index contributed by atoms with van der Waals surface area (Å²) in [5.41, 5.74) is 3.85. The van der Waals surface area contributed by atoms with Crippen LogP contribution in [0.3, 0.4) is 0 Å². The lowest BCUT2D eigenvalue weighted by Crippen LogP contribution is -2.24. The number of hydrogen-bond acceptors (Lipinski definition) is 8. The quantitative estimate of drug-likeness (QED) is 0.211. The third-order valence-corrected chi connectivity index (χ3v) is 10.7. The summed E-state index contributed by atoms with van der Waals surface area (Å²) in [6.07, 6.45) is 4.98. The second kappa shape index (κ2) is 11.8. The molecule has 2 aliphatic rings. The lowest BCUT2D eigenvalue weighted by molar-refractivity contribution is 0.414. The maximum absolute atomic E-state index is 14.1. The molecule has 1 saturated carbocycles. The number of likely N-dealkylation sites (N-methyl/N-ethyl adjacent to an activating group) is 1. The topological polar surface area (TPSA) is 109 Å². The largest absolute Gasteiger partial charge is 0.381 e. The van der Waals surface area contributed by atoms with Crippen molar-refractivity contribution in [3.8, 4) is 11.1 Å². The molecule has 1 aliphatic carbocycles. The van der Waals surface area contributed by atoms with Gasteiger partial charge in [0.25, 0.3) is 5.56 Å². The van der Waals surface area contributed by atoms with Crippen molar-refractivity contribution in [1.29, 1.82) is 0 Å². The average Bonchev–Trinajstić information content (AvgIpc) is 3.78. The molecule has 7 rings (SSSR count). The van der Waals surface area contributed by atoms with Gasteiger partial charge in [-0.3, -0.25) is 9.36 Å². The minimum atomic E-state index is -3.77. The van der Waals surface area contributed by atoms with Crippen LogP contribution in [-0.2, 0) is 16.4 Å². The fourth-order valence-corrected chi connectivity index (χ4v) is 7.67. The summed E-state index contributed by atoms with van der Waals surface area (Å²) in [7, 11) is -1.63. The van der Waals surface area contributed by atoms with Gasteiger partial charge in [0.2, 0.25) is 15.8 Å². The first kappa shape index (κ1) is 29.2. The maximum Gasteiger partial charge on any atom is 0.260 e. The van der Waals surface area contributed by atoms with Gasteiger partial charge < -0.3 is 15.5 Å². The van der Waals surface area contributed by atoms with Crippen molar-refractivity contribution in [2.45, 2.75) is 48.6 Å². The number of anilines is 3. The molecule has 9 nitrogen and oxygen atoms in total. The zero-order chi connectivity index (χ0) is 31.1. The summed E-state index contributed by atoms with van der Waals surface area (Å²) >= 11 is 0. The first-order chi connectivity index (χ1) is 21.8. The molecule has 0 spiro atoms. The third kappa shape index (κ3) is 5.95. The van der Waals surface area contributed by atoms with Crippen molar-refractivity contribution < 1.29 is 8.42 Å². The Kier molecular flexibility index (Phi) is 7.63. The van der Waals surface area contributed by atoms with Gasteiger partial charge in [-0.25, -0.2) is 13.4 Å². The smallest absolute Gasteiger partial charge is 0.260 e. The van der Waals surface area contributed by atoms with E-state index in [1.54, 1.807) is 66.2 Å². The van der Waals surface area contributed by atoms with Crippen molar-refractivity contribution in [1.82, 2.24) is 19.4 Å². The Morgan fingerprint density at radius 3 is 2.38 bits per heavy atom. The number of nitrogens with one attached hydrogen (secondary N) is 2. The van der Waals surface area contributed by atoms with Crippen molar-refractivity contribution in [2.24, 2.45) is 5.92 Å². The Labute approximate surface area is 262 Å². The Morgan fingerprint density at radius 2 is 1.67 bits per heavy atom. The summed E-state index contributed by atoms with van der Waals surface area (Å²) in [6.45, 7) is 4.45. The fourth-order valence-electron chi connectivity index (χ4n) is 6.13. The molecule has 10 heteroatoms. The molecule has 2 aromatic heterocycles. The van der Waals surface area contributed by atoms with E-state index >= 15 is 0 Å². The summed E-state index contributed by atoms with van der Waals surface area (Å²) in [4.78, 5) is 26.2. The van der Waals surface area contributed by atoms with E-state index in [0.29, 0.717) is 52.2 Å². The van der Waals surface area contributed by atoms with Crippen LogP contribution in [0.4, 0.5) is 17.3 Å². The molecule has 2 N–H and O–H groups in total. The van der Waals surface area contributed by atoms with Gasteiger partial charge in [-0.2, -0.15) is 4.98 Å². The molecule has 1 atom stereocenters. The first-order valence-electron chi connectivity index (χ1n) is 15.4. The molecule has 3 heterocycles. The van der Waals surface area contributed by atoms with Crippen LogP contribution >= 0.6 is 0 Å². The highest BCUT2D eigenvalue weighted by Crippen LogP contribution is 2.34. The molecule has 1 saturated heterocycles. The second-order valence-electron chi connectivity index (χ2n) is 12.2. The van der Waals surface area contributed by atoms with Crippen LogP contribution in [0.25, 0.3) is 22.2 Å². The van der Waals surface area contributed by atoms with E-state index < -0.39 is 9.84 Å². The Morgan fingerprint density at radius 1 is 0.911 bits per heavy atom. The highest BCUT2D eigenvalue weighted by molar-refractivity contribution is 7.91. The Hall–Kier alpha value is -4.54. The first-order valence-corrected chi connectivity index (χ1v) is 16.9. The lowest BCUT2D eigenvalue weighted by atomic mass is 10.0. The molecule has 0 amide bonds. The number of benzene rings is 3. The van der Waals surface area contributed by atoms with Gasteiger partial charge >= 0.3 is 0 Å². The fraction of sp³-hybridized carbons (Fsp3) is 0.286. The number of hydrogen-bond donors (Lipinski definition) is 2. The molecule has 2 fully saturated rings. The predicted octanol–water partition coefficient (Wildman–Crippen LogP) is 5.87. The lowest BCUT2D eigenvalue weighted by Gasteiger charge is -2.16. The zero-order valence-electron chi connectivity index (χ0n) is 25.4. The van der Waals surface area contributed by atoms with Crippen molar-refractivity contribution in [2.75, 3.05) is 30.8 Å². The number of rotatable bonds is 9. The van der Waals surface area contributed by atoms with Gasteiger partial charge in [0.1, 0.15) is 5.65 Å². The van der Waals surface area contributed by atoms with Crippen LogP contribution in [0, 0.1) is 12.8 Å². The van der Waals surface area contributed by atoms with Gasteiger partial charge in [0.15, 0.2) is 0 Å². The Balaban J connectivity index is 1.22. The molecule has 1 aliphatic heterocycles. The molecular formula is C35H36N6O3S. The standard InChI is InChI=1S/C35H36N6O3S/c1-23-30(9-6-10-32(23)45(43,44)29-7-4-3-5-8-29)31-19-25-20-36-35(39-33(25)41(34(31)42)21-24-11-12-24)38-27-15-13-26(14-16-27)37-28-17-18-40(2)22-28/h3-10,13-16,19-20,24,28,37H,11-12,17-18,21-22H2,1-2H3,(H,36,38,39). The van der Waals surface area contributed by atoms with E-state index in [-0.39, 0.29) is 15.4 Å². The minimum absolute atomic E-state index is 0.187. The average molecular weight is 621 g/mol. The number of likely N-dealkylation sites (tertiary alicyclic amines) is 1. The van der Waals surface area contributed by atoms with E-state index in [1.807, 2.05) is 30.3 Å². The van der Waals surface area contributed by atoms with E-state index in [9.17, 15) is 13.2 Å². The van der Waals surface area contributed by atoms with Crippen LogP contribution in [-0.4, -0.2) is 54.0 Å². The molecule has 45 heavy (non-hydrogen) atoms. The number of fused-ring (bicyclic) bond motifs is 1. The molecule has 0 bridgehead atoms. The zero-order valence-corrected chi connectivity index (χ0v) is 26.2. The van der Waals surface area contributed by atoms with Crippen molar-refractivity contribution >= 4 is 38.2 Å². The summed E-state index contributed by atoms with van der Waals surface area (Å²) < 4.78 is 28.8. The van der Waals surface area contributed by atoms with Crippen LogP contribution < -0.4 is 16.2 Å². The van der Waals surface area contributed by atoms with E-state index in [1.165, 1.54) is 0 Å². The number of pyridine rings is 1. The van der Waals surface area contributed by atoms with Gasteiger partial charge in [-0.15, -0.1) is 0 Å². The van der Waals surface area contributed by atoms with Gasteiger partial charge in [0.05, 0.1) is 9.79 Å². The van der Waals surface area contributed by atoms with E-state index in [2.05, 4.69) is 27.6 Å². The van der Waals surface area contributed by atoms with Crippen molar-refractivity contribution in [3.63, 3.8) is 0 Å². The molecule has 1 unspecified atom stereocenters. The predicted molar refractivity (Wildman–Crippen MR) is 178 cm³/mol. The number of aromatic nitrogens is 3.